The zero-order valence-electron chi connectivity index (χ0n) is 14.0. The fourth-order valence-corrected chi connectivity index (χ4v) is 2.32. The summed E-state index contributed by atoms with van der Waals surface area (Å²) in [6.45, 7) is 6.40. The van der Waals surface area contributed by atoms with Crippen LogP contribution >= 0.6 is 0 Å². The monoisotopic (exact) mass is 324 g/mol. The maximum absolute atomic E-state index is 5.85. The van der Waals surface area contributed by atoms with Gasteiger partial charge in [0.25, 0.3) is 5.89 Å². The van der Waals surface area contributed by atoms with Crippen molar-refractivity contribution in [2.24, 2.45) is 0 Å². The third-order valence-corrected chi connectivity index (χ3v) is 3.35. The van der Waals surface area contributed by atoms with E-state index in [0.717, 1.165) is 16.9 Å². The van der Waals surface area contributed by atoms with Gasteiger partial charge in [0.15, 0.2) is 5.82 Å². The van der Waals surface area contributed by atoms with Crippen molar-refractivity contribution in [1.82, 2.24) is 15.1 Å². The third kappa shape index (κ3) is 3.71. The Morgan fingerprint density at radius 1 is 1.17 bits per heavy atom. The summed E-state index contributed by atoms with van der Waals surface area (Å²) in [7, 11) is 0. The van der Waals surface area contributed by atoms with Gasteiger partial charge in [-0.05, 0) is 39.0 Å². The minimum atomic E-state index is 0.123. The maximum atomic E-state index is 5.85. The van der Waals surface area contributed by atoms with Gasteiger partial charge in [0.05, 0.1) is 11.7 Å². The van der Waals surface area contributed by atoms with Crippen LogP contribution in [-0.2, 0) is 6.54 Å². The second kappa shape index (κ2) is 7.12. The Labute approximate surface area is 140 Å². The lowest BCUT2D eigenvalue weighted by atomic mass is 10.2. The molecule has 2 heterocycles. The summed E-state index contributed by atoms with van der Waals surface area (Å²) in [5, 5.41) is 7.17. The molecule has 1 aromatic carbocycles. The molecule has 0 bridgehead atoms. The van der Waals surface area contributed by atoms with Crippen LogP contribution in [-0.4, -0.2) is 21.2 Å². The molecule has 0 aliphatic heterocycles. The molecule has 0 fully saturated rings. The minimum Gasteiger partial charge on any atom is -0.491 e. The highest BCUT2D eigenvalue weighted by atomic mass is 16.5. The fourth-order valence-electron chi connectivity index (χ4n) is 2.32. The number of nitrogens with zero attached hydrogens (tertiary/aromatic N) is 3. The summed E-state index contributed by atoms with van der Waals surface area (Å²) in [5.74, 6) is 2.61. The second-order valence-electron chi connectivity index (χ2n) is 5.67. The number of para-hydroxylation sites is 1. The van der Waals surface area contributed by atoms with Crippen molar-refractivity contribution in [3.05, 3.63) is 54.0 Å². The van der Waals surface area contributed by atoms with Crippen molar-refractivity contribution in [3.63, 3.8) is 0 Å². The van der Waals surface area contributed by atoms with Gasteiger partial charge in [-0.1, -0.05) is 23.4 Å². The molecule has 0 unspecified atom stereocenters. The van der Waals surface area contributed by atoms with Gasteiger partial charge in [-0.15, -0.1) is 0 Å². The van der Waals surface area contributed by atoms with Gasteiger partial charge < -0.3 is 14.6 Å². The smallest absolute Gasteiger partial charge is 0.261 e. The van der Waals surface area contributed by atoms with Gasteiger partial charge in [-0.2, -0.15) is 4.98 Å². The summed E-state index contributed by atoms with van der Waals surface area (Å²) in [5.41, 5.74) is 1.84. The first-order valence-electron chi connectivity index (χ1n) is 7.87. The van der Waals surface area contributed by atoms with Crippen molar-refractivity contribution in [2.45, 2.75) is 33.4 Å². The summed E-state index contributed by atoms with van der Waals surface area (Å²) in [4.78, 5) is 8.66. The van der Waals surface area contributed by atoms with E-state index in [1.807, 2.05) is 50.2 Å². The first-order chi connectivity index (χ1) is 11.6. The van der Waals surface area contributed by atoms with Gasteiger partial charge in [0.1, 0.15) is 11.6 Å². The van der Waals surface area contributed by atoms with Crippen LogP contribution in [0.4, 0.5) is 5.82 Å². The van der Waals surface area contributed by atoms with Gasteiger partial charge in [-0.25, -0.2) is 4.98 Å². The predicted molar refractivity (Wildman–Crippen MR) is 91.8 cm³/mol. The molecular formula is C18H20N4O2. The Bertz CT molecular complexity index is 814. The maximum Gasteiger partial charge on any atom is 0.261 e. The molecule has 2 aromatic heterocycles. The number of ether oxygens (including phenoxy) is 1. The molecule has 3 aromatic rings. The lowest BCUT2D eigenvalue weighted by Crippen LogP contribution is -2.10. The highest BCUT2D eigenvalue weighted by Gasteiger charge is 2.13. The van der Waals surface area contributed by atoms with Crippen LogP contribution in [0.15, 0.2) is 47.1 Å². The number of anilines is 1. The molecule has 0 saturated heterocycles. The fraction of sp³-hybridized carbons (Fsp3) is 0.278. The van der Waals surface area contributed by atoms with E-state index in [0.29, 0.717) is 24.1 Å². The molecule has 6 heteroatoms. The molecule has 6 nitrogen and oxygen atoms in total. The summed E-state index contributed by atoms with van der Waals surface area (Å²) in [6.07, 6.45) is 1.85. The Morgan fingerprint density at radius 3 is 2.75 bits per heavy atom. The van der Waals surface area contributed by atoms with Crippen LogP contribution in [0.25, 0.3) is 11.5 Å². The number of aryl methyl sites for hydroxylation is 1. The predicted octanol–water partition coefficient (Wildman–Crippen LogP) is 3.84. The standard InChI is InChI=1S/C18H20N4O2/c1-12(2)23-16-9-5-4-7-14(16)11-20-17-15(8-6-10-19-17)18-21-13(3)22-24-18/h4-10,12H,11H2,1-3H3,(H,19,20). The summed E-state index contributed by atoms with van der Waals surface area (Å²) in [6, 6.07) is 11.7. The minimum absolute atomic E-state index is 0.123. The van der Waals surface area contributed by atoms with Crippen molar-refractivity contribution >= 4 is 5.82 Å². The van der Waals surface area contributed by atoms with E-state index in [2.05, 4.69) is 20.4 Å². The number of hydrogen-bond donors (Lipinski definition) is 1. The van der Waals surface area contributed by atoms with E-state index < -0.39 is 0 Å². The molecule has 0 aliphatic rings. The van der Waals surface area contributed by atoms with Crippen molar-refractivity contribution in [1.29, 1.82) is 0 Å². The van der Waals surface area contributed by atoms with Gasteiger partial charge in [-0.3, -0.25) is 0 Å². The Kier molecular flexibility index (Phi) is 4.74. The first kappa shape index (κ1) is 16.0. The van der Waals surface area contributed by atoms with E-state index in [1.165, 1.54) is 0 Å². The van der Waals surface area contributed by atoms with Crippen LogP contribution in [0.3, 0.4) is 0 Å². The molecule has 0 aliphatic carbocycles. The van der Waals surface area contributed by atoms with Crippen LogP contribution in [0, 0.1) is 6.92 Å². The number of nitrogens with one attached hydrogen (secondary N) is 1. The Balaban J connectivity index is 1.81. The van der Waals surface area contributed by atoms with E-state index >= 15 is 0 Å². The van der Waals surface area contributed by atoms with Crippen LogP contribution in [0.5, 0.6) is 5.75 Å². The molecule has 124 valence electrons. The molecule has 0 radical (unpaired) electrons. The third-order valence-electron chi connectivity index (χ3n) is 3.35. The molecule has 24 heavy (non-hydrogen) atoms. The molecule has 3 rings (SSSR count). The van der Waals surface area contributed by atoms with Crippen LogP contribution < -0.4 is 10.1 Å². The average molecular weight is 324 g/mol. The second-order valence-corrected chi connectivity index (χ2v) is 5.67. The summed E-state index contributed by atoms with van der Waals surface area (Å²) >= 11 is 0. The Hall–Kier alpha value is -2.89. The van der Waals surface area contributed by atoms with E-state index in [-0.39, 0.29) is 6.10 Å². The molecule has 0 saturated carbocycles. The van der Waals surface area contributed by atoms with E-state index in [1.54, 1.807) is 13.1 Å². The molecule has 0 atom stereocenters. The molecule has 0 amide bonds. The van der Waals surface area contributed by atoms with Crippen molar-refractivity contribution in [3.8, 4) is 17.2 Å². The SMILES string of the molecule is Cc1noc(-c2cccnc2NCc2ccccc2OC(C)C)n1. The number of pyridine rings is 1. The topological polar surface area (TPSA) is 73.1 Å². The molecule has 0 spiro atoms. The number of rotatable bonds is 6. The highest BCUT2D eigenvalue weighted by molar-refractivity contribution is 5.68. The van der Waals surface area contributed by atoms with E-state index in [4.69, 9.17) is 9.26 Å². The normalized spacial score (nSPS) is 10.8. The lowest BCUT2D eigenvalue weighted by Gasteiger charge is -2.15. The zero-order valence-corrected chi connectivity index (χ0v) is 14.0. The van der Waals surface area contributed by atoms with Crippen LogP contribution in [0.1, 0.15) is 25.2 Å². The van der Waals surface area contributed by atoms with Gasteiger partial charge in [0, 0.05) is 18.3 Å². The highest BCUT2D eigenvalue weighted by Crippen LogP contribution is 2.26. The van der Waals surface area contributed by atoms with Crippen molar-refractivity contribution in [2.75, 3.05) is 5.32 Å². The quantitative estimate of drug-likeness (QED) is 0.742. The van der Waals surface area contributed by atoms with Crippen molar-refractivity contribution < 1.29 is 9.26 Å². The zero-order chi connectivity index (χ0) is 16.9. The average Bonchev–Trinajstić information content (AvgIpc) is 3.00. The largest absolute Gasteiger partial charge is 0.491 e. The number of hydrogen-bond acceptors (Lipinski definition) is 6. The van der Waals surface area contributed by atoms with Gasteiger partial charge in [0.2, 0.25) is 0 Å². The Morgan fingerprint density at radius 2 is 2.00 bits per heavy atom. The number of aromatic nitrogens is 3. The van der Waals surface area contributed by atoms with Crippen LogP contribution in [0.2, 0.25) is 0 Å². The summed E-state index contributed by atoms with van der Waals surface area (Å²) < 4.78 is 11.1. The van der Waals surface area contributed by atoms with Gasteiger partial charge >= 0.3 is 0 Å². The molecular weight excluding hydrogens is 304 g/mol. The first-order valence-corrected chi connectivity index (χ1v) is 7.87. The number of benzene rings is 1. The lowest BCUT2D eigenvalue weighted by molar-refractivity contribution is 0.240. The molecule has 1 N–H and O–H groups in total. The van der Waals surface area contributed by atoms with E-state index in [9.17, 15) is 0 Å².